The van der Waals surface area contributed by atoms with Crippen LogP contribution in [0.2, 0.25) is 0 Å². The van der Waals surface area contributed by atoms with E-state index in [4.69, 9.17) is 9.47 Å². The fraction of sp³-hybridized carbons (Fsp3) is 0.594. The average Bonchev–Trinajstić information content (AvgIpc) is 2.88. The standard InChI is InChI=1S/C32H50NO3/c1-6-9-10-11-12-16-21-29-22-17-18-23-31(29)36-30(8-3)26-35-32(34)28(7-2)25-33(4,5)24-27-19-14-13-15-20-27/h13-15,17-20,22-23,28,30H,6-12,16,21,24-26H2,1-5H3/q+1. The molecule has 2 aromatic carbocycles. The molecule has 0 aliphatic carbocycles. The van der Waals surface area contributed by atoms with Crippen molar-refractivity contribution >= 4 is 5.97 Å². The van der Waals surface area contributed by atoms with Gasteiger partial charge < -0.3 is 14.0 Å². The van der Waals surface area contributed by atoms with Gasteiger partial charge in [-0.25, -0.2) is 0 Å². The van der Waals surface area contributed by atoms with Crippen LogP contribution in [0, 0.1) is 5.92 Å². The largest absolute Gasteiger partial charge is 0.487 e. The Morgan fingerprint density at radius 2 is 1.50 bits per heavy atom. The molecule has 0 aliphatic heterocycles. The summed E-state index contributed by atoms with van der Waals surface area (Å²) in [6, 6.07) is 18.8. The van der Waals surface area contributed by atoms with Gasteiger partial charge in [0.05, 0.1) is 20.6 Å². The zero-order valence-corrected chi connectivity index (χ0v) is 23.5. The first kappa shape index (κ1) is 29.9. The van der Waals surface area contributed by atoms with Crippen molar-refractivity contribution in [1.29, 1.82) is 0 Å². The summed E-state index contributed by atoms with van der Waals surface area (Å²) in [5, 5.41) is 0. The van der Waals surface area contributed by atoms with Crippen LogP contribution < -0.4 is 4.74 Å². The van der Waals surface area contributed by atoms with E-state index in [0.29, 0.717) is 6.61 Å². The van der Waals surface area contributed by atoms with Gasteiger partial charge in [0.25, 0.3) is 0 Å². The Morgan fingerprint density at radius 3 is 2.19 bits per heavy atom. The fourth-order valence-electron chi connectivity index (χ4n) is 4.74. The molecule has 0 radical (unpaired) electrons. The Morgan fingerprint density at radius 1 is 0.833 bits per heavy atom. The van der Waals surface area contributed by atoms with E-state index in [2.05, 4.69) is 77.3 Å². The second-order valence-electron chi connectivity index (χ2n) is 10.8. The first-order valence-electron chi connectivity index (χ1n) is 14.2. The molecule has 0 spiro atoms. The molecule has 0 heterocycles. The Balaban J connectivity index is 1.86. The van der Waals surface area contributed by atoms with Gasteiger partial charge in [0, 0.05) is 5.56 Å². The van der Waals surface area contributed by atoms with Crippen LogP contribution in [0.4, 0.5) is 0 Å². The average molecular weight is 497 g/mol. The maximum Gasteiger partial charge on any atom is 0.314 e. The van der Waals surface area contributed by atoms with Crippen LogP contribution >= 0.6 is 0 Å². The lowest BCUT2D eigenvalue weighted by atomic mass is 10.0. The Hall–Kier alpha value is -2.33. The minimum atomic E-state index is -0.135. The lowest BCUT2D eigenvalue weighted by Crippen LogP contribution is -2.45. The third-order valence-electron chi connectivity index (χ3n) is 6.93. The first-order chi connectivity index (χ1) is 17.4. The quantitative estimate of drug-likeness (QED) is 0.121. The molecule has 2 rings (SSSR count). The Bertz CT molecular complexity index is 865. The van der Waals surface area contributed by atoms with Crippen LogP contribution in [-0.4, -0.2) is 43.8 Å². The van der Waals surface area contributed by atoms with E-state index in [1.54, 1.807) is 0 Å². The Labute approximate surface area is 220 Å². The predicted octanol–water partition coefficient (Wildman–Crippen LogP) is 7.59. The van der Waals surface area contributed by atoms with E-state index in [0.717, 1.165) is 42.6 Å². The number of para-hydroxylation sites is 1. The minimum absolute atomic E-state index is 0.112. The normalized spacial score (nSPS) is 13.2. The SMILES string of the molecule is CCCCCCCCc1ccccc1OC(CC)COC(=O)C(CC)C[N+](C)(C)Cc1ccccc1. The molecular formula is C32H50NO3+. The van der Waals surface area contributed by atoms with Crippen molar-refractivity contribution in [3.63, 3.8) is 0 Å². The maximum absolute atomic E-state index is 13.0. The van der Waals surface area contributed by atoms with Crippen LogP contribution in [0.15, 0.2) is 54.6 Å². The van der Waals surface area contributed by atoms with E-state index in [1.165, 1.54) is 49.7 Å². The van der Waals surface area contributed by atoms with E-state index in [1.807, 2.05) is 12.1 Å². The van der Waals surface area contributed by atoms with Gasteiger partial charge in [-0.05, 0) is 37.3 Å². The number of carbonyl (C=O) groups excluding carboxylic acids is 1. The minimum Gasteiger partial charge on any atom is -0.487 e. The molecule has 0 N–H and O–H groups in total. The number of carbonyl (C=O) groups is 1. The number of aryl methyl sites for hydroxylation is 1. The summed E-state index contributed by atoms with van der Waals surface area (Å²) in [4.78, 5) is 13.0. The molecule has 0 saturated carbocycles. The summed E-state index contributed by atoms with van der Waals surface area (Å²) >= 11 is 0. The van der Waals surface area contributed by atoms with Gasteiger partial charge in [0.2, 0.25) is 0 Å². The molecule has 200 valence electrons. The number of rotatable bonds is 18. The highest BCUT2D eigenvalue weighted by atomic mass is 16.6. The molecule has 2 aromatic rings. The van der Waals surface area contributed by atoms with Crippen LogP contribution in [0.5, 0.6) is 5.75 Å². The molecule has 4 nitrogen and oxygen atoms in total. The van der Waals surface area contributed by atoms with Gasteiger partial charge >= 0.3 is 5.97 Å². The topological polar surface area (TPSA) is 35.5 Å². The van der Waals surface area contributed by atoms with Crippen molar-refractivity contribution in [3.05, 3.63) is 65.7 Å². The molecule has 0 saturated heterocycles. The molecule has 2 atom stereocenters. The monoisotopic (exact) mass is 496 g/mol. The molecule has 36 heavy (non-hydrogen) atoms. The molecule has 0 amide bonds. The lowest BCUT2D eigenvalue weighted by molar-refractivity contribution is -0.906. The van der Waals surface area contributed by atoms with Gasteiger partial charge in [0.15, 0.2) is 0 Å². The van der Waals surface area contributed by atoms with E-state index in [-0.39, 0.29) is 18.0 Å². The van der Waals surface area contributed by atoms with Crippen LogP contribution in [-0.2, 0) is 22.5 Å². The smallest absolute Gasteiger partial charge is 0.314 e. The summed E-state index contributed by atoms with van der Waals surface area (Å²) in [6.45, 7) is 8.35. The van der Waals surface area contributed by atoms with E-state index >= 15 is 0 Å². The van der Waals surface area contributed by atoms with Crippen LogP contribution in [0.25, 0.3) is 0 Å². The molecule has 0 fully saturated rings. The zero-order valence-electron chi connectivity index (χ0n) is 23.5. The second kappa shape index (κ2) is 16.4. The van der Waals surface area contributed by atoms with Crippen molar-refractivity contribution in [1.82, 2.24) is 0 Å². The van der Waals surface area contributed by atoms with Gasteiger partial charge in [-0.15, -0.1) is 0 Å². The number of hydrogen-bond donors (Lipinski definition) is 0. The molecule has 2 unspecified atom stereocenters. The highest BCUT2D eigenvalue weighted by Gasteiger charge is 2.28. The zero-order chi connectivity index (χ0) is 26.2. The number of ether oxygens (including phenoxy) is 2. The first-order valence-corrected chi connectivity index (χ1v) is 14.2. The fourth-order valence-corrected chi connectivity index (χ4v) is 4.74. The third kappa shape index (κ3) is 11.2. The molecule has 0 bridgehead atoms. The summed E-state index contributed by atoms with van der Waals surface area (Å²) in [7, 11) is 4.36. The lowest BCUT2D eigenvalue weighted by Gasteiger charge is -2.33. The van der Waals surface area contributed by atoms with E-state index in [9.17, 15) is 4.79 Å². The van der Waals surface area contributed by atoms with Crippen molar-refractivity contribution < 1.29 is 18.8 Å². The van der Waals surface area contributed by atoms with Crippen molar-refractivity contribution in [3.8, 4) is 5.75 Å². The van der Waals surface area contributed by atoms with Crippen LogP contribution in [0.3, 0.4) is 0 Å². The molecule has 4 heteroatoms. The van der Waals surface area contributed by atoms with Gasteiger partial charge in [-0.2, -0.15) is 0 Å². The number of nitrogens with zero attached hydrogens (tertiary/aromatic N) is 1. The summed E-state index contributed by atoms with van der Waals surface area (Å²) in [6.07, 6.45) is 10.2. The number of esters is 1. The second-order valence-corrected chi connectivity index (χ2v) is 10.8. The van der Waals surface area contributed by atoms with Gasteiger partial charge in [-0.3, -0.25) is 4.79 Å². The van der Waals surface area contributed by atoms with Gasteiger partial charge in [-0.1, -0.05) is 101 Å². The summed E-state index contributed by atoms with van der Waals surface area (Å²) in [5.41, 5.74) is 2.54. The predicted molar refractivity (Wildman–Crippen MR) is 150 cm³/mol. The van der Waals surface area contributed by atoms with Gasteiger partial charge in [0.1, 0.15) is 30.9 Å². The highest BCUT2D eigenvalue weighted by Crippen LogP contribution is 2.23. The summed E-state index contributed by atoms with van der Waals surface area (Å²) in [5.74, 6) is 0.696. The number of quaternary nitrogens is 1. The highest BCUT2D eigenvalue weighted by molar-refractivity contribution is 5.72. The van der Waals surface area contributed by atoms with Crippen LogP contribution in [0.1, 0.15) is 83.3 Å². The van der Waals surface area contributed by atoms with Crippen molar-refractivity contribution in [2.45, 2.75) is 91.2 Å². The molecule has 0 aliphatic rings. The molecule has 0 aromatic heterocycles. The molecular weight excluding hydrogens is 446 g/mol. The summed E-state index contributed by atoms with van der Waals surface area (Å²) < 4.78 is 12.9. The maximum atomic E-state index is 13.0. The van der Waals surface area contributed by atoms with Crippen molar-refractivity contribution in [2.75, 3.05) is 27.2 Å². The van der Waals surface area contributed by atoms with E-state index < -0.39 is 0 Å². The third-order valence-corrected chi connectivity index (χ3v) is 6.93. The van der Waals surface area contributed by atoms with Crippen molar-refractivity contribution in [2.24, 2.45) is 5.92 Å². The number of hydrogen-bond acceptors (Lipinski definition) is 3. The Kier molecular flexibility index (Phi) is 13.6. The number of benzene rings is 2. The number of unbranched alkanes of at least 4 members (excludes halogenated alkanes) is 5.